The molecule has 0 aliphatic heterocycles. The monoisotopic (exact) mass is 572 g/mol. The van der Waals surface area contributed by atoms with E-state index in [4.69, 9.17) is 0 Å². The number of Topliss-reactive ketones (excluding diaryl/α,β-unsaturated/α-hetero) is 3. The predicted octanol–water partition coefficient (Wildman–Crippen LogP) is 6.61. The van der Waals surface area contributed by atoms with Crippen molar-refractivity contribution >= 4 is 34.2 Å². The number of para-hydroxylation sites is 1. The summed E-state index contributed by atoms with van der Waals surface area (Å²) in [7, 11) is 0. The molecule has 4 aliphatic rings. The van der Waals surface area contributed by atoms with Crippen LogP contribution in [-0.2, 0) is 25.6 Å². The number of hydrogen-bond donors (Lipinski definition) is 2. The van der Waals surface area contributed by atoms with Crippen molar-refractivity contribution in [2.45, 2.75) is 104 Å². The summed E-state index contributed by atoms with van der Waals surface area (Å²) in [6, 6.07) is 8.24. The zero-order valence-electron chi connectivity index (χ0n) is 26.1. The molecule has 0 spiro atoms. The van der Waals surface area contributed by atoms with Crippen LogP contribution in [0, 0.1) is 46.3 Å². The molecule has 8 atom stereocenters. The fourth-order valence-corrected chi connectivity index (χ4v) is 10.2. The molecule has 42 heavy (non-hydrogen) atoms. The number of nitrogens with one attached hydrogen (secondary N) is 2. The molecule has 4 aliphatic carbocycles. The van der Waals surface area contributed by atoms with Crippen LogP contribution in [0.25, 0.3) is 10.9 Å². The van der Waals surface area contributed by atoms with Gasteiger partial charge in [-0.1, -0.05) is 39.0 Å². The van der Waals surface area contributed by atoms with Crippen molar-refractivity contribution in [3.05, 3.63) is 36.0 Å². The second-order valence-electron chi connectivity index (χ2n) is 15.4. The summed E-state index contributed by atoms with van der Waals surface area (Å²) in [6.07, 6.45) is 8.66. The van der Waals surface area contributed by atoms with Crippen LogP contribution in [0.5, 0.6) is 0 Å². The zero-order chi connectivity index (χ0) is 30.0. The van der Waals surface area contributed by atoms with Crippen LogP contribution >= 0.6 is 0 Å². The van der Waals surface area contributed by atoms with Crippen molar-refractivity contribution in [2.24, 2.45) is 46.3 Å². The third-order valence-electron chi connectivity index (χ3n) is 12.5. The number of rotatable bonds is 7. The van der Waals surface area contributed by atoms with Crippen LogP contribution in [0.2, 0.25) is 0 Å². The number of H-pyrrole nitrogens is 1. The van der Waals surface area contributed by atoms with E-state index in [0.29, 0.717) is 43.7 Å². The van der Waals surface area contributed by atoms with Gasteiger partial charge in [0.2, 0.25) is 5.91 Å². The van der Waals surface area contributed by atoms with E-state index in [9.17, 15) is 19.2 Å². The van der Waals surface area contributed by atoms with Crippen LogP contribution in [0.1, 0.15) is 98.0 Å². The Bertz CT molecular complexity index is 1420. The number of carbonyl (C=O) groups is 4. The highest BCUT2D eigenvalue weighted by Gasteiger charge is 2.66. The first-order valence-corrected chi connectivity index (χ1v) is 16.3. The van der Waals surface area contributed by atoms with Gasteiger partial charge in [0.15, 0.2) is 0 Å². The van der Waals surface area contributed by atoms with Gasteiger partial charge in [0, 0.05) is 66.1 Å². The minimum atomic E-state index is -0.505. The summed E-state index contributed by atoms with van der Waals surface area (Å²) in [5.41, 5.74) is 1.32. The number of fused-ring (bicyclic) bond motifs is 6. The van der Waals surface area contributed by atoms with Crippen molar-refractivity contribution in [3.63, 3.8) is 0 Å². The van der Waals surface area contributed by atoms with E-state index in [1.54, 1.807) is 0 Å². The summed E-state index contributed by atoms with van der Waals surface area (Å²) in [5, 5.41) is 4.46. The smallest absolute Gasteiger partial charge is 0.220 e. The molecular weight excluding hydrogens is 524 g/mol. The van der Waals surface area contributed by atoms with Gasteiger partial charge in [-0.3, -0.25) is 19.2 Å². The molecule has 6 heteroatoms. The average Bonchev–Trinajstić information content (AvgIpc) is 3.50. The Morgan fingerprint density at radius 1 is 1.07 bits per heavy atom. The van der Waals surface area contributed by atoms with E-state index in [-0.39, 0.29) is 58.2 Å². The first kappa shape index (κ1) is 29.3. The third-order valence-corrected chi connectivity index (χ3v) is 12.5. The highest BCUT2D eigenvalue weighted by molar-refractivity contribution is 5.93. The topological polar surface area (TPSA) is 96.1 Å². The molecule has 1 aromatic carbocycles. The second-order valence-corrected chi connectivity index (χ2v) is 15.4. The van der Waals surface area contributed by atoms with Crippen molar-refractivity contribution in [1.29, 1.82) is 0 Å². The van der Waals surface area contributed by atoms with Crippen molar-refractivity contribution in [1.82, 2.24) is 10.3 Å². The zero-order valence-corrected chi connectivity index (χ0v) is 26.1. The Hall–Kier alpha value is -2.76. The number of hydrogen-bond acceptors (Lipinski definition) is 4. The molecule has 0 radical (unpaired) electrons. The van der Waals surface area contributed by atoms with Gasteiger partial charge in [0.1, 0.15) is 17.3 Å². The number of aromatic amines is 1. The van der Waals surface area contributed by atoms with E-state index in [0.717, 1.165) is 37.6 Å². The van der Waals surface area contributed by atoms with Crippen molar-refractivity contribution in [2.75, 3.05) is 0 Å². The van der Waals surface area contributed by atoms with Crippen LogP contribution in [0.3, 0.4) is 0 Å². The van der Waals surface area contributed by atoms with Gasteiger partial charge in [0.05, 0.1) is 0 Å². The fourth-order valence-electron chi connectivity index (χ4n) is 10.2. The van der Waals surface area contributed by atoms with E-state index < -0.39 is 5.41 Å². The molecule has 0 unspecified atom stereocenters. The van der Waals surface area contributed by atoms with Crippen LogP contribution in [0.4, 0.5) is 0 Å². The van der Waals surface area contributed by atoms with Crippen LogP contribution in [0.15, 0.2) is 30.5 Å². The maximum absolute atomic E-state index is 14.1. The number of carbonyl (C=O) groups excluding carboxylic acids is 4. The lowest BCUT2D eigenvalue weighted by Gasteiger charge is -2.58. The number of amides is 1. The van der Waals surface area contributed by atoms with E-state index in [1.807, 2.05) is 18.3 Å². The van der Waals surface area contributed by atoms with Gasteiger partial charge in [-0.2, -0.15) is 0 Å². The molecule has 4 fully saturated rings. The normalized spacial score (nSPS) is 35.5. The second kappa shape index (κ2) is 10.4. The minimum Gasteiger partial charge on any atom is -0.361 e. The lowest BCUT2D eigenvalue weighted by molar-refractivity contribution is -0.166. The van der Waals surface area contributed by atoms with E-state index in [2.05, 4.69) is 57.1 Å². The maximum atomic E-state index is 14.1. The van der Waals surface area contributed by atoms with Gasteiger partial charge in [-0.05, 0) is 92.6 Å². The average molecular weight is 573 g/mol. The Balaban J connectivity index is 1.10. The van der Waals surface area contributed by atoms with Crippen LogP contribution < -0.4 is 5.32 Å². The number of benzene rings is 1. The first-order chi connectivity index (χ1) is 19.8. The number of ketones is 3. The van der Waals surface area contributed by atoms with Crippen molar-refractivity contribution in [3.8, 4) is 0 Å². The predicted molar refractivity (Wildman–Crippen MR) is 164 cm³/mol. The quantitative estimate of drug-likeness (QED) is 0.390. The molecule has 0 saturated heterocycles. The highest BCUT2D eigenvalue weighted by atomic mass is 16.2. The molecule has 2 N–H and O–H groups in total. The van der Waals surface area contributed by atoms with E-state index >= 15 is 0 Å². The fraction of sp³-hybridized carbons (Fsp3) is 0.667. The molecule has 2 aromatic rings. The molecule has 6 nitrogen and oxygen atoms in total. The standard InChI is InChI=1S/C36H48N2O4/c1-21(10-13-32(42)38-34(2,3)19-22-20-37-29-9-7-6-8-25(22)29)26-11-12-27-33-28(18-31(41)36(26,27)5)35(4)15-14-24(39)16-23(35)17-30(33)40/h6-9,20-21,23,26-28,33,37H,10-19H2,1-5H3,(H,38,42)/t21-,23+,26-,27+,28+,33+,35+,36-/m1/s1. The van der Waals surface area contributed by atoms with Gasteiger partial charge in [-0.15, -0.1) is 0 Å². The van der Waals surface area contributed by atoms with Gasteiger partial charge >= 0.3 is 0 Å². The molecule has 1 amide bonds. The van der Waals surface area contributed by atoms with E-state index in [1.165, 1.54) is 10.9 Å². The van der Waals surface area contributed by atoms with Crippen molar-refractivity contribution < 1.29 is 19.2 Å². The molecule has 6 rings (SSSR count). The van der Waals surface area contributed by atoms with Gasteiger partial charge in [0.25, 0.3) is 0 Å². The number of aromatic nitrogens is 1. The molecule has 226 valence electrons. The molecule has 4 saturated carbocycles. The first-order valence-electron chi connectivity index (χ1n) is 16.3. The Kier molecular flexibility index (Phi) is 7.29. The summed E-state index contributed by atoms with van der Waals surface area (Å²) >= 11 is 0. The third kappa shape index (κ3) is 4.77. The molecular formula is C36H48N2O4. The molecule has 1 heterocycles. The maximum Gasteiger partial charge on any atom is 0.220 e. The van der Waals surface area contributed by atoms with Gasteiger partial charge < -0.3 is 10.3 Å². The summed E-state index contributed by atoms with van der Waals surface area (Å²) in [6.45, 7) is 10.8. The highest BCUT2D eigenvalue weighted by Crippen LogP contribution is 2.66. The summed E-state index contributed by atoms with van der Waals surface area (Å²) < 4.78 is 0. The minimum absolute atomic E-state index is 0.0506. The Morgan fingerprint density at radius 3 is 2.62 bits per heavy atom. The SMILES string of the molecule is C[C@H](CCC(=O)NC(C)(C)Cc1c[nH]c2ccccc12)[C@H]1CC[C@H]2[C@@H]3C(=O)C[C@@H]4CC(=O)CC[C@]4(C)[C@H]3CC(=O)[C@]12C. The molecule has 0 bridgehead atoms. The largest absolute Gasteiger partial charge is 0.361 e. The summed E-state index contributed by atoms with van der Waals surface area (Å²) in [4.78, 5) is 56.5. The summed E-state index contributed by atoms with van der Waals surface area (Å²) in [5.74, 6) is 1.54. The Morgan fingerprint density at radius 2 is 1.83 bits per heavy atom. The Labute approximate surface area is 250 Å². The lowest BCUT2D eigenvalue weighted by Crippen LogP contribution is -2.60. The lowest BCUT2D eigenvalue weighted by atomic mass is 9.44. The van der Waals surface area contributed by atoms with Crippen LogP contribution in [-0.4, -0.2) is 33.8 Å². The van der Waals surface area contributed by atoms with Gasteiger partial charge in [-0.25, -0.2) is 0 Å². The molecule has 1 aromatic heterocycles.